The van der Waals surface area contributed by atoms with Gasteiger partial charge in [0, 0.05) is 0 Å². The standard InChI is InChI=1S/2C4H9.Al.HO2P/c2*1-4(2)3;;1-3-2/h2*4H,1H2,2-3H3;;(H,1,2). The molecule has 0 amide bonds. The summed E-state index contributed by atoms with van der Waals surface area (Å²) >= 11 is 0.755. The monoisotopic (exact) mass is 205 g/mol. The van der Waals surface area contributed by atoms with Crippen LogP contribution in [0.4, 0.5) is 0 Å². The Bertz CT molecular complexity index is 89.1. The lowest BCUT2D eigenvalue weighted by atomic mass is 10.3. The van der Waals surface area contributed by atoms with Crippen LogP contribution in [-0.2, 0) is 4.57 Å². The Hall–Kier alpha value is 0.592. The minimum absolute atomic E-state index is 0.755. The molecule has 0 fully saturated rings. The van der Waals surface area contributed by atoms with Crippen LogP contribution in [0.5, 0.6) is 0 Å². The van der Waals surface area contributed by atoms with Crippen LogP contribution in [0.2, 0.25) is 10.6 Å². The molecular weight excluding hydrogens is 186 g/mol. The summed E-state index contributed by atoms with van der Waals surface area (Å²) in [7, 11) is -0.833. The summed E-state index contributed by atoms with van der Waals surface area (Å²) in [5.74, 6) is 1.86. The van der Waals surface area contributed by atoms with Gasteiger partial charge in [-0.05, 0) is 0 Å². The van der Waals surface area contributed by atoms with Gasteiger partial charge in [0.25, 0.3) is 0 Å². The molecule has 0 aromatic heterocycles. The van der Waals surface area contributed by atoms with E-state index < -0.39 is 8.69 Å². The van der Waals surface area contributed by atoms with E-state index in [9.17, 15) is 0 Å². The molecule has 4 heteroatoms. The van der Waals surface area contributed by atoms with Crippen LogP contribution in [0.1, 0.15) is 27.7 Å². The summed E-state index contributed by atoms with van der Waals surface area (Å²) < 4.78 is 8.46. The molecule has 0 bridgehead atoms. The van der Waals surface area contributed by atoms with Crippen LogP contribution in [0, 0.1) is 11.8 Å². The Morgan fingerprint density at radius 3 is 1.58 bits per heavy atom. The molecule has 0 aliphatic heterocycles. The molecule has 1 N–H and O–H groups in total. The summed E-state index contributed by atoms with van der Waals surface area (Å²) in [6.07, 6.45) is 0. The second-order valence-corrected chi connectivity index (χ2v) is 5.31. The molecule has 0 rings (SSSR count). The second kappa shape index (κ2) is 11.6. The minimum atomic E-state index is -0.833. The minimum Gasteiger partial charge on any atom is -0.310 e. The first-order valence-electron chi connectivity index (χ1n) is 4.32. The fraction of sp³-hybridized carbons (Fsp3) is 1.00. The third kappa shape index (κ3) is 22.4. The van der Waals surface area contributed by atoms with E-state index in [0.29, 0.717) is 0 Å². The van der Waals surface area contributed by atoms with E-state index >= 15 is 0 Å². The smallest absolute Gasteiger partial charge is 0.310 e. The number of hydrogen-bond donors (Lipinski definition) is 1. The van der Waals surface area contributed by atoms with E-state index in [1.165, 1.54) is 10.6 Å². The first-order chi connectivity index (χ1) is 5.54. The highest BCUT2D eigenvalue weighted by molar-refractivity contribution is 7.16. The zero-order valence-corrected chi connectivity index (χ0v) is 10.5. The molecule has 0 aromatic rings. The predicted molar refractivity (Wildman–Crippen MR) is 54.9 cm³/mol. The summed E-state index contributed by atoms with van der Waals surface area (Å²) in [5, 5.41) is 2.97. The van der Waals surface area contributed by atoms with Crippen molar-refractivity contribution in [3.05, 3.63) is 0 Å². The van der Waals surface area contributed by atoms with Gasteiger partial charge in [-0.15, -0.1) is 10.6 Å². The van der Waals surface area contributed by atoms with E-state index in [1.54, 1.807) is 0 Å². The first-order valence-corrected chi connectivity index (χ1v) is 6.72. The van der Waals surface area contributed by atoms with Crippen molar-refractivity contribution < 1.29 is 9.46 Å². The van der Waals surface area contributed by atoms with Gasteiger partial charge in [-0.2, -0.15) is 0 Å². The molecule has 0 unspecified atom stereocenters. The lowest BCUT2D eigenvalue weighted by Gasteiger charge is -2.03. The maximum atomic E-state index is 8.46. The van der Waals surface area contributed by atoms with Crippen LogP contribution in [0.15, 0.2) is 0 Å². The van der Waals surface area contributed by atoms with Gasteiger partial charge < -0.3 is 4.89 Å². The molecule has 2 nitrogen and oxygen atoms in total. The van der Waals surface area contributed by atoms with Crippen LogP contribution >= 0.6 is 8.69 Å². The summed E-state index contributed by atoms with van der Waals surface area (Å²) in [6, 6.07) is 0. The maximum Gasteiger partial charge on any atom is 0.324 e. The van der Waals surface area contributed by atoms with Gasteiger partial charge in [0.2, 0.25) is 15.2 Å². The van der Waals surface area contributed by atoms with Crippen LogP contribution in [-0.4, -0.2) is 20.1 Å². The summed E-state index contributed by atoms with van der Waals surface area (Å²) in [5.41, 5.74) is 0. The van der Waals surface area contributed by atoms with Crippen molar-refractivity contribution in [3.63, 3.8) is 0 Å². The average molecular weight is 205 g/mol. The van der Waals surface area contributed by atoms with E-state index in [-0.39, 0.29) is 0 Å². The van der Waals surface area contributed by atoms with Crippen LogP contribution < -0.4 is 0 Å². The predicted octanol–water partition coefficient (Wildman–Crippen LogP) is 3.02. The fourth-order valence-corrected chi connectivity index (χ4v) is 2.29. The number of rotatable bonds is 4. The quantitative estimate of drug-likeness (QED) is 0.565. The maximum absolute atomic E-state index is 8.46. The molecule has 71 valence electrons. The van der Waals surface area contributed by atoms with E-state index in [2.05, 4.69) is 27.7 Å². The zero-order chi connectivity index (χ0) is 9.98. The lowest BCUT2D eigenvalue weighted by Crippen LogP contribution is -1.99. The highest BCUT2D eigenvalue weighted by Crippen LogP contribution is 2.05. The van der Waals surface area contributed by atoms with Gasteiger partial charge in [-0.1, -0.05) is 39.5 Å². The lowest BCUT2D eigenvalue weighted by molar-refractivity contribution is 0.524. The molecule has 0 atom stereocenters. The molecule has 0 saturated heterocycles. The Kier molecular flexibility index (Phi) is 14.6. The van der Waals surface area contributed by atoms with Crippen molar-refractivity contribution in [2.24, 2.45) is 11.8 Å². The van der Waals surface area contributed by atoms with Crippen molar-refractivity contribution in [3.8, 4) is 0 Å². The molecular formula is C8H19AlO2P. The van der Waals surface area contributed by atoms with Gasteiger partial charge in [0.1, 0.15) is 0 Å². The Morgan fingerprint density at radius 2 is 1.42 bits per heavy atom. The largest absolute Gasteiger partial charge is 0.324 e. The fourth-order valence-electron chi connectivity index (χ4n) is 0.763. The van der Waals surface area contributed by atoms with Crippen molar-refractivity contribution in [1.82, 2.24) is 0 Å². The molecule has 12 heavy (non-hydrogen) atoms. The second-order valence-electron chi connectivity index (χ2n) is 3.63. The third-order valence-electron chi connectivity index (χ3n) is 1.28. The van der Waals surface area contributed by atoms with Crippen molar-refractivity contribution in [2.45, 2.75) is 38.3 Å². The highest BCUT2D eigenvalue weighted by Gasteiger charge is 1.98. The topological polar surface area (TPSA) is 37.3 Å². The van der Waals surface area contributed by atoms with Gasteiger partial charge >= 0.3 is 8.69 Å². The molecule has 0 spiro atoms. The van der Waals surface area contributed by atoms with Gasteiger partial charge in [-0.25, -0.2) is 4.57 Å². The van der Waals surface area contributed by atoms with Gasteiger partial charge in [-0.3, -0.25) is 0 Å². The zero-order valence-electron chi connectivity index (χ0n) is 8.45. The van der Waals surface area contributed by atoms with Crippen LogP contribution in [0.3, 0.4) is 0 Å². The average Bonchev–Trinajstić information content (AvgIpc) is 1.87. The molecule has 1 radical (unpaired) electrons. The Labute approximate surface area is 83.8 Å². The SMILES string of the molecule is CC(C)[CH2][Al][CH2]C(C)C.O=PO. The van der Waals surface area contributed by atoms with E-state index in [0.717, 1.165) is 27.1 Å². The molecule has 0 aliphatic rings. The first kappa shape index (κ1) is 15.1. The third-order valence-corrected chi connectivity index (χ3v) is 3.83. The summed E-state index contributed by atoms with van der Waals surface area (Å²) in [4.78, 5) is 6.99. The van der Waals surface area contributed by atoms with Crippen LogP contribution in [0.25, 0.3) is 0 Å². The van der Waals surface area contributed by atoms with Crippen molar-refractivity contribution in [1.29, 1.82) is 0 Å². The Balaban J connectivity index is 0. The van der Waals surface area contributed by atoms with Gasteiger partial charge in [0.15, 0.2) is 0 Å². The van der Waals surface area contributed by atoms with E-state index in [1.807, 2.05) is 0 Å². The van der Waals surface area contributed by atoms with E-state index in [4.69, 9.17) is 9.46 Å². The summed E-state index contributed by atoms with van der Waals surface area (Å²) in [6.45, 7) is 9.25. The molecule has 0 heterocycles. The number of hydrogen-bond acceptors (Lipinski definition) is 1. The normalized spacial score (nSPS) is 9.92. The van der Waals surface area contributed by atoms with Crippen molar-refractivity contribution >= 4 is 23.9 Å². The van der Waals surface area contributed by atoms with Gasteiger partial charge in [0.05, 0.1) is 0 Å². The van der Waals surface area contributed by atoms with Crippen molar-refractivity contribution in [2.75, 3.05) is 0 Å². The Morgan fingerprint density at radius 1 is 1.17 bits per heavy atom. The molecule has 0 aromatic carbocycles. The highest BCUT2D eigenvalue weighted by atomic mass is 31.1. The molecule has 0 saturated carbocycles. The molecule has 0 aliphatic carbocycles.